The number of halogens is 2. The van der Waals surface area contributed by atoms with Crippen LogP contribution in [-0.4, -0.2) is 32.0 Å². The second-order valence-electron chi connectivity index (χ2n) is 9.61. The fraction of sp³-hybridized carbons (Fsp3) is 0.269. The van der Waals surface area contributed by atoms with E-state index in [9.17, 15) is 13.6 Å². The van der Waals surface area contributed by atoms with Crippen LogP contribution in [0.4, 0.5) is 8.78 Å². The maximum Gasteiger partial charge on any atom is 0.277 e. The minimum atomic E-state index is -2.44. The van der Waals surface area contributed by atoms with Gasteiger partial charge in [0.1, 0.15) is 11.5 Å². The molecule has 2 aromatic rings. The lowest BCUT2D eigenvalue weighted by Crippen LogP contribution is -2.44. The Morgan fingerprint density at radius 3 is 2.18 bits per heavy atom. The van der Waals surface area contributed by atoms with Gasteiger partial charge in [0.2, 0.25) is 0 Å². The molecule has 1 aliphatic heterocycles. The Balaban J connectivity index is 1.87. The molecule has 0 unspecified atom stereocenters. The molecular formula is C26H27F2N3O2Si. The molecule has 3 rings (SSSR count). The number of hydrogen-bond acceptors (Lipinski definition) is 4. The molecule has 176 valence electrons. The molecule has 0 aliphatic carbocycles. The fourth-order valence-corrected chi connectivity index (χ4v) is 3.94. The van der Waals surface area contributed by atoms with Crippen LogP contribution >= 0.6 is 0 Å². The zero-order chi connectivity index (χ0) is 25.3. The largest absolute Gasteiger partial charge is 0.540 e. The fourth-order valence-electron chi connectivity index (χ4n) is 2.93. The first-order chi connectivity index (χ1) is 15.8. The van der Waals surface area contributed by atoms with Gasteiger partial charge >= 0.3 is 0 Å². The average molecular weight is 480 g/mol. The molecule has 0 saturated carbocycles. The second kappa shape index (κ2) is 9.35. The zero-order valence-electron chi connectivity index (χ0n) is 20.1. The number of amides is 1. The summed E-state index contributed by atoms with van der Waals surface area (Å²) >= 11 is 0. The Morgan fingerprint density at radius 1 is 1.06 bits per heavy atom. The number of amidine groups is 1. The van der Waals surface area contributed by atoms with Crippen LogP contribution in [0.2, 0.25) is 18.1 Å². The van der Waals surface area contributed by atoms with E-state index in [1.807, 2.05) is 33.9 Å². The number of carbonyl (C=O) groups is 1. The molecule has 8 heteroatoms. The normalized spacial score (nSPS) is 15.7. The van der Waals surface area contributed by atoms with Crippen molar-refractivity contribution in [2.45, 2.75) is 38.9 Å². The monoisotopic (exact) mass is 479 g/mol. The van der Waals surface area contributed by atoms with Crippen molar-refractivity contribution in [3.05, 3.63) is 76.5 Å². The van der Waals surface area contributed by atoms with Gasteiger partial charge in [0.15, 0.2) is 17.4 Å². The van der Waals surface area contributed by atoms with Gasteiger partial charge in [-0.05, 0) is 65.7 Å². The lowest BCUT2D eigenvalue weighted by molar-refractivity contribution is -0.121. The summed E-state index contributed by atoms with van der Waals surface area (Å²) in [5, 5.41) is 8.67. The standard InChI is InChI=1S/C26H27F2N3O2Si/c1-26(2,3)34(5,6)33-24-20(27)13-19(14-21(24)28)15-22-25(32)31(4)23(30-22)12-11-17-7-9-18(16-29)10-8-17/h7-15H,1-6H3/b12-11+,22-15-. The molecule has 1 aliphatic rings. The van der Waals surface area contributed by atoms with E-state index >= 15 is 0 Å². The van der Waals surface area contributed by atoms with Gasteiger partial charge in [-0.3, -0.25) is 9.69 Å². The van der Waals surface area contributed by atoms with Gasteiger partial charge in [0.05, 0.1) is 11.6 Å². The number of nitrogens with zero attached hydrogens (tertiary/aromatic N) is 3. The Kier molecular flexibility index (Phi) is 6.89. The first-order valence-corrected chi connectivity index (χ1v) is 13.7. The van der Waals surface area contributed by atoms with Crippen molar-refractivity contribution >= 4 is 32.2 Å². The number of carbonyl (C=O) groups excluding carboxylic acids is 1. The highest BCUT2D eigenvalue weighted by atomic mass is 28.4. The second-order valence-corrected chi connectivity index (χ2v) is 14.3. The zero-order valence-corrected chi connectivity index (χ0v) is 21.1. The quantitative estimate of drug-likeness (QED) is 0.382. The lowest BCUT2D eigenvalue weighted by atomic mass is 10.1. The molecule has 0 fully saturated rings. The first-order valence-electron chi connectivity index (χ1n) is 10.8. The Hall–Kier alpha value is -3.57. The van der Waals surface area contributed by atoms with Crippen LogP contribution in [0.25, 0.3) is 12.2 Å². The molecule has 0 bridgehead atoms. The van der Waals surface area contributed by atoms with Crippen molar-refractivity contribution in [2.75, 3.05) is 7.05 Å². The minimum absolute atomic E-state index is 0.0684. The van der Waals surface area contributed by atoms with Crippen LogP contribution in [0.15, 0.2) is 53.2 Å². The third-order valence-corrected chi connectivity index (χ3v) is 10.4. The maximum atomic E-state index is 14.8. The Labute approximate surface area is 199 Å². The topological polar surface area (TPSA) is 65.7 Å². The predicted molar refractivity (Wildman–Crippen MR) is 133 cm³/mol. The van der Waals surface area contributed by atoms with Gasteiger partial charge in [0.25, 0.3) is 14.2 Å². The van der Waals surface area contributed by atoms with E-state index in [1.165, 1.54) is 11.0 Å². The molecule has 0 radical (unpaired) electrons. The molecule has 0 N–H and O–H groups in total. The maximum absolute atomic E-state index is 14.8. The van der Waals surface area contributed by atoms with Crippen molar-refractivity contribution in [3.63, 3.8) is 0 Å². The highest BCUT2D eigenvalue weighted by molar-refractivity contribution is 6.74. The van der Waals surface area contributed by atoms with Gasteiger partial charge in [-0.2, -0.15) is 5.26 Å². The van der Waals surface area contributed by atoms with Crippen LogP contribution in [0.5, 0.6) is 5.75 Å². The van der Waals surface area contributed by atoms with Gasteiger partial charge in [-0.1, -0.05) is 39.0 Å². The van der Waals surface area contributed by atoms with Gasteiger partial charge in [-0.15, -0.1) is 0 Å². The predicted octanol–water partition coefficient (Wildman–Crippen LogP) is 6.15. The van der Waals surface area contributed by atoms with E-state index in [1.54, 1.807) is 43.5 Å². The average Bonchev–Trinajstić information content (AvgIpc) is 3.02. The summed E-state index contributed by atoms with van der Waals surface area (Å²) in [6, 6.07) is 11.3. The summed E-state index contributed by atoms with van der Waals surface area (Å²) < 4.78 is 35.4. The molecule has 1 heterocycles. The van der Waals surface area contributed by atoms with Crippen LogP contribution in [0, 0.1) is 23.0 Å². The molecule has 1 amide bonds. The van der Waals surface area contributed by atoms with E-state index in [-0.39, 0.29) is 22.2 Å². The lowest BCUT2D eigenvalue weighted by Gasteiger charge is -2.36. The number of rotatable bonds is 5. The number of nitriles is 1. The third-order valence-electron chi connectivity index (χ3n) is 6.05. The van der Waals surface area contributed by atoms with E-state index in [4.69, 9.17) is 9.69 Å². The summed E-state index contributed by atoms with van der Waals surface area (Å²) in [7, 11) is -0.863. The van der Waals surface area contributed by atoms with Gasteiger partial charge in [0, 0.05) is 7.05 Å². The van der Waals surface area contributed by atoms with Gasteiger partial charge < -0.3 is 4.43 Å². The van der Waals surface area contributed by atoms with Crippen molar-refractivity contribution in [1.29, 1.82) is 5.26 Å². The van der Waals surface area contributed by atoms with Crippen molar-refractivity contribution in [1.82, 2.24) is 4.90 Å². The third kappa shape index (κ3) is 5.32. The summed E-state index contributed by atoms with van der Waals surface area (Å²) in [6.07, 6.45) is 4.78. The summed E-state index contributed by atoms with van der Waals surface area (Å²) in [4.78, 5) is 18.3. The molecule has 0 aromatic heterocycles. The molecule has 2 aromatic carbocycles. The smallest absolute Gasteiger partial charge is 0.277 e. The van der Waals surface area contributed by atoms with Crippen molar-refractivity contribution in [2.24, 2.45) is 4.99 Å². The van der Waals surface area contributed by atoms with Crippen LogP contribution < -0.4 is 4.43 Å². The Morgan fingerprint density at radius 2 is 1.65 bits per heavy atom. The van der Waals surface area contributed by atoms with Crippen LogP contribution in [0.1, 0.15) is 37.5 Å². The molecule has 34 heavy (non-hydrogen) atoms. The number of benzene rings is 2. The van der Waals surface area contributed by atoms with Gasteiger partial charge in [-0.25, -0.2) is 13.8 Å². The highest BCUT2D eigenvalue weighted by Crippen LogP contribution is 2.39. The van der Waals surface area contributed by atoms with Crippen molar-refractivity contribution < 1.29 is 18.0 Å². The van der Waals surface area contributed by atoms with Crippen LogP contribution in [-0.2, 0) is 4.79 Å². The van der Waals surface area contributed by atoms with Crippen LogP contribution in [0.3, 0.4) is 0 Å². The summed E-state index contributed by atoms with van der Waals surface area (Å²) in [5.41, 5.74) is 1.63. The highest BCUT2D eigenvalue weighted by Gasteiger charge is 2.40. The van der Waals surface area contributed by atoms with E-state index < -0.39 is 25.7 Å². The number of likely N-dealkylation sites (N-methyl/N-ethyl adjacent to an activating group) is 1. The summed E-state index contributed by atoms with van der Waals surface area (Å²) in [5.74, 6) is -2.03. The molecular weight excluding hydrogens is 452 g/mol. The molecule has 5 nitrogen and oxygen atoms in total. The van der Waals surface area contributed by atoms with E-state index in [2.05, 4.69) is 11.1 Å². The van der Waals surface area contributed by atoms with Crippen molar-refractivity contribution in [3.8, 4) is 11.8 Å². The summed E-state index contributed by atoms with van der Waals surface area (Å²) in [6.45, 7) is 9.79. The molecule has 0 spiro atoms. The first kappa shape index (κ1) is 25.1. The molecule has 0 atom stereocenters. The minimum Gasteiger partial charge on any atom is -0.540 e. The molecule has 0 saturated heterocycles. The van der Waals surface area contributed by atoms with E-state index in [0.717, 1.165) is 17.7 Å². The SMILES string of the molecule is CN1C(=O)/C(=C/c2cc(F)c(O[Si](C)(C)C(C)(C)C)c(F)c2)N=C1/C=C/c1ccc(C#N)cc1. The number of aliphatic imine (C=N–C) groups is 1. The van der Waals surface area contributed by atoms with E-state index in [0.29, 0.717) is 11.4 Å². The Bertz CT molecular complexity index is 1230. The number of hydrogen-bond donors (Lipinski definition) is 0.